The van der Waals surface area contributed by atoms with Gasteiger partial charge in [-0.1, -0.05) is 25.6 Å². The van der Waals surface area contributed by atoms with Crippen LogP contribution in [0.3, 0.4) is 0 Å². The molecule has 0 unspecified atom stereocenters. The quantitative estimate of drug-likeness (QED) is 0.342. The van der Waals surface area contributed by atoms with Crippen LogP contribution in [0.25, 0.3) is 0 Å². The Morgan fingerprint density at radius 1 is 1.64 bits per heavy atom. The summed E-state index contributed by atoms with van der Waals surface area (Å²) >= 11 is 1.59. The fourth-order valence-corrected chi connectivity index (χ4v) is 1.58. The molecular formula is C9H14N4S. The number of nitrogens with one attached hydrogen (secondary N) is 1. The summed E-state index contributed by atoms with van der Waals surface area (Å²) in [7, 11) is 0. The zero-order chi connectivity index (χ0) is 10.6. The monoisotopic (exact) mass is 210 g/mol. The Bertz CT molecular complexity index is 324. The predicted octanol–water partition coefficient (Wildman–Crippen LogP) is 1.51. The highest BCUT2D eigenvalue weighted by molar-refractivity contribution is 7.99. The molecular weight excluding hydrogens is 196 g/mol. The third-order valence-electron chi connectivity index (χ3n) is 1.46. The molecule has 0 amide bonds. The average molecular weight is 210 g/mol. The number of hydrogen-bond donors (Lipinski definition) is 2. The molecule has 1 aromatic heterocycles. The van der Waals surface area contributed by atoms with Crippen LogP contribution in [-0.4, -0.2) is 21.6 Å². The molecule has 0 aliphatic heterocycles. The van der Waals surface area contributed by atoms with E-state index in [0.717, 1.165) is 5.75 Å². The third kappa shape index (κ3) is 3.33. The van der Waals surface area contributed by atoms with Gasteiger partial charge in [0.2, 0.25) is 0 Å². The average Bonchev–Trinajstić information content (AvgIpc) is 2.15. The van der Waals surface area contributed by atoms with E-state index in [9.17, 15) is 0 Å². The van der Waals surface area contributed by atoms with Crippen LogP contribution in [0.5, 0.6) is 0 Å². The largest absolute Gasteiger partial charge is 0.382 e. The molecule has 0 aromatic carbocycles. The molecule has 76 valence electrons. The maximum absolute atomic E-state index is 7.23. The van der Waals surface area contributed by atoms with E-state index in [4.69, 9.17) is 11.1 Å². The Morgan fingerprint density at radius 2 is 2.36 bits per heavy atom. The molecule has 0 radical (unpaired) electrons. The summed E-state index contributed by atoms with van der Waals surface area (Å²) in [5.74, 6) is 1.56. The third-order valence-corrected chi connectivity index (χ3v) is 2.74. The Labute approximate surface area is 87.8 Å². The molecule has 0 saturated carbocycles. The number of aromatic nitrogens is 2. The molecule has 4 nitrogen and oxygen atoms in total. The van der Waals surface area contributed by atoms with E-state index >= 15 is 0 Å². The molecule has 0 bridgehead atoms. The predicted molar refractivity (Wildman–Crippen MR) is 58.6 cm³/mol. The highest BCUT2D eigenvalue weighted by atomic mass is 32.2. The lowest BCUT2D eigenvalue weighted by Gasteiger charge is -2.03. The van der Waals surface area contributed by atoms with Gasteiger partial charge in [0.1, 0.15) is 11.5 Å². The van der Waals surface area contributed by atoms with Crippen molar-refractivity contribution in [1.82, 2.24) is 9.97 Å². The van der Waals surface area contributed by atoms with Crippen molar-refractivity contribution in [2.24, 2.45) is 11.7 Å². The van der Waals surface area contributed by atoms with Gasteiger partial charge < -0.3 is 5.73 Å². The van der Waals surface area contributed by atoms with Gasteiger partial charge in [0.05, 0.1) is 0 Å². The SMILES string of the molecule is CC(C)CSc1nccc(C(=N)N)n1. The molecule has 3 N–H and O–H groups in total. The molecule has 0 aliphatic carbocycles. The molecule has 1 aromatic rings. The van der Waals surface area contributed by atoms with E-state index in [1.165, 1.54) is 0 Å². The van der Waals surface area contributed by atoms with E-state index in [2.05, 4.69) is 23.8 Å². The summed E-state index contributed by atoms with van der Waals surface area (Å²) < 4.78 is 0. The summed E-state index contributed by atoms with van der Waals surface area (Å²) in [4.78, 5) is 8.24. The number of nitrogens with zero attached hydrogens (tertiary/aromatic N) is 2. The minimum Gasteiger partial charge on any atom is -0.382 e. The lowest BCUT2D eigenvalue weighted by Crippen LogP contribution is -2.13. The smallest absolute Gasteiger partial charge is 0.188 e. The summed E-state index contributed by atoms with van der Waals surface area (Å²) in [6.07, 6.45) is 1.63. The van der Waals surface area contributed by atoms with Crippen LogP contribution in [0, 0.1) is 11.3 Å². The van der Waals surface area contributed by atoms with E-state index < -0.39 is 0 Å². The summed E-state index contributed by atoms with van der Waals surface area (Å²) in [6, 6.07) is 1.64. The Hall–Kier alpha value is -1.10. The van der Waals surface area contributed by atoms with E-state index in [0.29, 0.717) is 16.8 Å². The Morgan fingerprint density at radius 3 is 2.93 bits per heavy atom. The first-order valence-electron chi connectivity index (χ1n) is 4.40. The zero-order valence-electron chi connectivity index (χ0n) is 8.32. The first-order chi connectivity index (χ1) is 6.59. The molecule has 0 aliphatic rings. The first-order valence-corrected chi connectivity index (χ1v) is 5.38. The number of amidine groups is 1. The molecule has 5 heteroatoms. The lowest BCUT2D eigenvalue weighted by molar-refractivity contribution is 0.747. The molecule has 0 spiro atoms. The van der Waals surface area contributed by atoms with Crippen LogP contribution in [0.1, 0.15) is 19.5 Å². The second-order valence-electron chi connectivity index (χ2n) is 3.34. The highest BCUT2D eigenvalue weighted by Gasteiger charge is 2.03. The van der Waals surface area contributed by atoms with Crippen LogP contribution in [0.15, 0.2) is 17.4 Å². The van der Waals surface area contributed by atoms with E-state index in [1.807, 2.05) is 0 Å². The molecule has 0 fully saturated rings. The van der Waals surface area contributed by atoms with E-state index in [-0.39, 0.29) is 5.84 Å². The van der Waals surface area contributed by atoms with Gasteiger partial charge in [-0.15, -0.1) is 0 Å². The maximum atomic E-state index is 7.23. The fourth-order valence-electron chi connectivity index (χ4n) is 0.802. The topological polar surface area (TPSA) is 75.7 Å². The second-order valence-corrected chi connectivity index (χ2v) is 4.33. The fraction of sp³-hybridized carbons (Fsp3) is 0.444. The van der Waals surface area contributed by atoms with Crippen molar-refractivity contribution in [2.45, 2.75) is 19.0 Å². The molecule has 14 heavy (non-hydrogen) atoms. The van der Waals surface area contributed by atoms with Crippen LogP contribution < -0.4 is 5.73 Å². The van der Waals surface area contributed by atoms with Crippen molar-refractivity contribution >= 4 is 17.6 Å². The second kappa shape index (κ2) is 4.95. The number of thioether (sulfide) groups is 1. The number of rotatable bonds is 4. The van der Waals surface area contributed by atoms with Gasteiger partial charge in [0.15, 0.2) is 5.16 Å². The standard InChI is InChI=1S/C9H14N4S/c1-6(2)5-14-9-12-4-3-7(13-9)8(10)11/h3-4,6H,5H2,1-2H3,(H3,10,11). The maximum Gasteiger partial charge on any atom is 0.188 e. The number of hydrogen-bond acceptors (Lipinski definition) is 4. The van der Waals surface area contributed by atoms with Gasteiger partial charge in [0.25, 0.3) is 0 Å². The van der Waals surface area contributed by atoms with Crippen LogP contribution in [-0.2, 0) is 0 Å². The lowest BCUT2D eigenvalue weighted by atomic mass is 10.3. The van der Waals surface area contributed by atoms with E-state index in [1.54, 1.807) is 24.0 Å². The molecule has 0 saturated heterocycles. The Balaban J connectivity index is 2.69. The van der Waals surface area contributed by atoms with Crippen LogP contribution in [0.4, 0.5) is 0 Å². The summed E-state index contributed by atoms with van der Waals surface area (Å²) in [5.41, 5.74) is 5.81. The van der Waals surface area contributed by atoms with Gasteiger partial charge in [-0.05, 0) is 12.0 Å². The molecule has 0 atom stereocenters. The van der Waals surface area contributed by atoms with Gasteiger partial charge in [-0.25, -0.2) is 9.97 Å². The highest BCUT2D eigenvalue weighted by Crippen LogP contribution is 2.15. The molecule has 1 rings (SSSR count). The van der Waals surface area contributed by atoms with Gasteiger partial charge in [0, 0.05) is 11.9 Å². The van der Waals surface area contributed by atoms with Crippen molar-refractivity contribution in [1.29, 1.82) is 5.41 Å². The normalized spacial score (nSPS) is 10.5. The minimum atomic E-state index is -0.0150. The molecule has 1 heterocycles. The van der Waals surface area contributed by atoms with Crippen LogP contribution >= 0.6 is 11.8 Å². The van der Waals surface area contributed by atoms with Gasteiger partial charge in [-0.2, -0.15) is 0 Å². The van der Waals surface area contributed by atoms with Crippen molar-refractivity contribution < 1.29 is 0 Å². The van der Waals surface area contributed by atoms with Crippen LogP contribution in [0.2, 0.25) is 0 Å². The Kier molecular flexibility index (Phi) is 3.88. The minimum absolute atomic E-state index is 0.0150. The number of nitrogen functional groups attached to an aromatic ring is 1. The summed E-state index contributed by atoms with van der Waals surface area (Å²) in [5, 5.41) is 7.91. The van der Waals surface area contributed by atoms with Crippen molar-refractivity contribution in [3.63, 3.8) is 0 Å². The van der Waals surface area contributed by atoms with Crippen molar-refractivity contribution in [2.75, 3.05) is 5.75 Å². The zero-order valence-corrected chi connectivity index (χ0v) is 9.14. The van der Waals surface area contributed by atoms with Crippen molar-refractivity contribution in [3.05, 3.63) is 18.0 Å². The number of nitrogens with two attached hydrogens (primary N) is 1. The van der Waals surface area contributed by atoms with Gasteiger partial charge in [-0.3, -0.25) is 5.41 Å². The first kappa shape index (κ1) is 11.0. The van der Waals surface area contributed by atoms with Gasteiger partial charge >= 0.3 is 0 Å². The summed E-state index contributed by atoms with van der Waals surface area (Å²) in [6.45, 7) is 4.28. The van der Waals surface area contributed by atoms with Crippen molar-refractivity contribution in [3.8, 4) is 0 Å².